The van der Waals surface area contributed by atoms with Gasteiger partial charge in [-0.3, -0.25) is 4.79 Å². The van der Waals surface area contributed by atoms with E-state index >= 15 is 0 Å². The molecule has 25 heavy (non-hydrogen) atoms. The Morgan fingerprint density at radius 2 is 2.00 bits per heavy atom. The number of anilines is 1. The van der Waals surface area contributed by atoms with Gasteiger partial charge in [-0.15, -0.1) is 11.3 Å². The van der Waals surface area contributed by atoms with Crippen LogP contribution in [0.1, 0.15) is 16.6 Å². The quantitative estimate of drug-likeness (QED) is 0.562. The summed E-state index contributed by atoms with van der Waals surface area (Å²) in [6.45, 7) is 3.04. The predicted molar refractivity (Wildman–Crippen MR) is 103 cm³/mol. The highest BCUT2D eigenvalue weighted by atomic mass is 32.1. The fourth-order valence-corrected chi connectivity index (χ4v) is 3.66. The third-order valence-corrected chi connectivity index (χ3v) is 5.16. The average molecular weight is 347 g/mol. The maximum absolute atomic E-state index is 12.5. The van der Waals surface area contributed by atoms with E-state index in [2.05, 4.69) is 34.1 Å². The topological polar surface area (TPSA) is 46.9 Å². The van der Waals surface area contributed by atoms with Crippen LogP contribution in [0.4, 0.5) is 5.69 Å². The van der Waals surface area contributed by atoms with Crippen LogP contribution in [0.5, 0.6) is 0 Å². The van der Waals surface area contributed by atoms with E-state index < -0.39 is 0 Å². The van der Waals surface area contributed by atoms with Crippen LogP contribution in [0.25, 0.3) is 21.5 Å². The summed E-state index contributed by atoms with van der Waals surface area (Å²) in [5.74, 6) is -0.131. The molecule has 0 radical (unpaired) electrons. The van der Waals surface area contributed by atoms with Crippen molar-refractivity contribution in [2.45, 2.75) is 13.5 Å². The van der Waals surface area contributed by atoms with Crippen molar-refractivity contribution in [3.8, 4) is 10.6 Å². The highest BCUT2D eigenvalue weighted by Crippen LogP contribution is 2.26. The van der Waals surface area contributed by atoms with Gasteiger partial charge in [-0.05, 0) is 31.2 Å². The molecule has 124 valence electrons. The van der Waals surface area contributed by atoms with Crippen LogP contribution in [0.3, 0.4) is 0 Å². The van der Waals surface area contributed by atoms with Gasteiger partial charge in [-0.1, -0.05) is 30.3 Å². The lowest BCUT2D eigenvalue weighted by Crippen LogP contribution is -2.09. The third-order valence-electron chi connectivity index (χ3n) is 4.12. The van der Waals surface area contributed by atoms with E-state index in [4.69, 9.17) is 0 Å². The van der Waals surface area contributed by atoms with Gasteiger partial charge in [0.2, 0.25) is 0 Å². The molecule has 0 saturated heterocycles. The standard InChI is InChI=1S/C20H17N3OS/c1-2-23-11-10-15-12-16(8-9-17(15)23)22-19(24)18-13-21-20(25-18)14-6-4-3-5-7-14/h3-13H,2H2,1H3,(H,22,24). The lowest BCUT2D eigenvalue weighted by Gasteiger charge is -2.05. The summed E-state index contributed by atoms with van der Waals surface area (Å²) in [5.41, 5.74) is 2.99. The number of benzene rings is 2. The molecule has 4 rings (SSSR count). The Labute approximate surface area is 149 Å². The Kier molecular flexibility index (Phi) is 4.07. The second-order valence-electron chi connectivity index (χ2n) is 5.73. The Bertz CT molecular complexity index is 1030. The number of aromatic nitrogens is 2. The van der Waals surface area contributed by atoms with Crippen molar-refractivity contribution in [2.75, 3.05) is 5.32 Å². The highest BCUT2D eigenvalue weighted by molar-refractivity contribution is 7.17. The molecule has 0 bridgehead atoms. The summed E-state index contributed by atoms with van der Waals surface area (Å²) < 4.78 is 2.18. The summed E-state index contributed by atoms with van der Waals surface area (Å²) in [5, 5.41) is 4.93. The first-order valence-corrected chi connectivity index (χ1v) is 8.98. The zero-order valence-electron chi connectivity index (χ0n) is 13.8. The maximum atomic E-state index is 12.5. The molecule has 0 atom stereocenters. The molecule has 0 fully saturated rings. The molecule has 0 aliphatic carbocycles. The number of amides is 1. The molecule has 0 aliphatic heterocycles. The molecule has 5 heteroatoms. The smallest absolute Gasteiger partial charge is 0.267 e. The van der Waals surface area contributed by atoms with Gasteiger partial charge in [0.25, 0.3) is 5.91 Å². The number of nitrogens with one attached hydrogen (secondary N) is 1. The van der Waals surface area contributed by atoms with Crippen LogP contribution in [-0.4, -0.2) is 15.5 Å². The van der Waals surface area contributed by atoms with Crippen molar-refractivity contribution in [3.05, 3.63) is 71.9 Å². The van der Waals surface area contributed by atoms with Gasteiger partial charge in [0.05, 0.1) is 6.20 Å². The van der Waals surface area contributed by atoms with Crippen molar-refractivity contribution in [2.24, 2.45) is 0 Å². The van der Waals surface area contributed by atoms with Crippen LogP contribution in [-0.2, 0) is 6.54 Å². The van der Waals surface area contributed by atoms with Crippen molar-refractivity contribution in [1.82, 2.24) is 9.55 Å². The predicted octanol–water partition coefficient (Wildman–Crippen LogP) is 5.04. The van der Waals surface area contributed by atoms with Crippen molar-refractivity contribution in [3.63, 3.8) is 0 Å². The summed E-state index contributed by atoms with van der Waals surface area (Å²) in [6.07, 6.45) is 3.69. The summed E-state index contributed by atoms with van der Waals surface area (Å²) in [6, 6.07) is 17.9. The Morgan fingerprint density at radius 3 is 2.80 bits per heavy atom. The highest BCUT2D eigenvalue weighted by Gasteiger charge is 2.12. The number of carbonyl (C=O) groups excluding carboxylic acids is 1. The van der Waals surface area contributed by atoms with Gasteiger partial charge >= 0.3 is 0 Å². The van der Waals surface area contributed by atoms with E-state index in [-0.39, 0.29) is 5.91 Å². The average Bonchev–Trinajstić information content (AvgIpc) is 3.29. The van der Waals surface area contributed by atoms with E-state index in [0.29, 0.717) is 4.88 Å². The molecule has 0 aliphatic rings. The molecule has 1 amide bonds. The van der Waals surface area contributed by atoms with Crippen LogP contribution < -0.4 is 5.32 Å². The van der Waals surface area contributed by atoms with Gasteiger partial charge < -0.3 is 9.88 Å². The Balaban J connectivity index is 1.55. The molecule has 4 nitrogen and oxygen atoms in total. The number of rotatable bonds is 4. The third kappa shape index (κ3) is 3.06. The molecule has 0 spiro atoms. The van der Waals surface area contributed by atoms with Gasteiger partial charge in [0, 0.05) is 34.9 Å². The molecule has 2 aromatic carbocycles. The number of hydrogen-bond donors (Lipinski definition) is 1. The van der Waals surface area contributed by atoms with E-state index in [9.17, 15) is 4.79 Å². The monoisotopic (exact) mass is 347 g/mol. The van der Waals surface area contributed by atoms with Crippen LogP contribution >= 0.6 is 11.3 Å². The lowest BCUT2D eigenvalue weighted by atomic mass is 10.2. The largest absolute Gasteiger partial charge is 0.348 e. The minimum Gasteiger partial charge on any atom is -0.348 e. The minimum absolute atomic E-state index is 0.131. The number of carbonyl (C=O) groups is 1. The molecular formula is C20H17N3OS. The molecular weight excluding hydrogens is 330 g/mol. The first kappa shape index (κ1) is 15.6. The second-order valence-corrected chi connectivity index (χ2v) is 6.76. The van der Waals surface area contributed by atoms with Gasteiger partial charge in [0.1, 0.15) is 9.88 Å². The molecule has 2 heterocycles. The molecule has 4 aromatic rings. The summed E-state index contributed by atoms with van der Waals surface area (Å²) in [4.78, 5) is 17.5. The molecule has 0 saturated carbocycles. The van der Waals surface area contributed by atoms with E-state index in [1.165, 1.54) is 16.9 Å². The first-order valence-electron chi connectivity index (χ1n) is 8.16. The van der Waals surface area contributed by atoms with E-state index in [1.807, 2.05) is 48.5 Å². The van der Waals surface area contributed by atoms with Gasteiger partial charge in [-0.2, -0.15) is 0 Å². The van der Waals surface area contributed by atoms with Crippen LogP contribution in [0.15, 0.2) is 67.0 Å². The van der Waals surface area contributed by atoms with E-state index in [0.717, 1.165) is 28.2 Å². The number of thiazole rings is 1. The minimum atomic E-state index is -0.131. The molecule has 2 aromatic heterocycles. The van der Waals surface area contributed by atoms with Crippen molar-refractivity contribution in [1.29, 1.82) is 0 Å². The second kappa shape index (κ2) is 6.53. The number of aryl methyl sites for hydroxylation is 1. The van der Waals surface area contributed by atoms with Crippen LogP contribution in [0, 0.1) is 0 Å². The van der Waals surface area contributed by atoms with Crippen molar-refractivity contribution >= 4 is 33.8 Å². The number of fused-ring (bicyclic) bond motifs is 1. The zero-order valence-corrected chi connectivity index (χ0v) is 14.6. The van der Waals surface area contributed by atoms with Gasteiger partial charge in [0.15, 0.2) is 0 Å². The Hall–Kier alpha value is -2.92. The fourth-order valence-electron chi connectivity index (χ4n) is 2.84. The molecule has 0 unspecified atom stereocenters. The zero-order chi connectivity index (χ0) is 17.2. The van der Waals surface area contributed by atoms with Crippen molar-refractivity contribution < 1.29 is 4.79 Å². The summed E-state index contributed by atoms with van der Waals surface area (Å²) >= 11 is 1.40. The van der Waals surface area contributed by atoms with E-state index in [1.54, 1.807) is 6.20 Å². The molecule has 1 N–H and O–H groups in total. The number of nitrogens with zero attached hydrogens (tertiary/aromatic N) is 2. The SMILES string of the molecule is CCn1ccc2cc(NC(=O)c3cnc(-c4ccccc4)s3)ccc21. The maximum Gasteiger partial charge on any atom is 0.267 e. The summed E-state index contributed by atoms with van der Waals surface area (Å²) in [7, 11) is 0. The first-order chi connectivity index (χ1) is 12.2. The van der Waals surface area contributed by atoms with Gasteiger partial charge in [-0.25, -0.2) is 4.98 Å². The lowest BCUT2D eigenvalue weighted by molar-refractivity contribution is 0.103. The normalized spacial score (nSPS) is 10.9. The fraction of sp³-hybridized carbons (Fsp3) is 0.100. The Morgan fingerprint density at radius 1 is 1.16 bits per heavy atom. The van der Waals surface area contributed by atoms with Crippen LogP contribution in [0.2, 0.25) is 0 Å². The number of hydrogen-bond acceptors (Lipinski definition) is 3.